The van der Waals surface area contributed by atoms with Crippen molar-refractivity contribution in [3.05, 3.63) is 27.7 Å². The van der Waals surface area contributed by atoms with Crippen molar-refractivity contribution in [3.63, 3.8) is 0 Å². The van der Waals surface area contributed by atoms with Gasteiger partial charge >= 0.3 is 0 Å². The molecule has 1 aromatic carbocycles. The first-order chi connectivity index (χ1) is 8.79. The van der Waals surface area contributed by atoms with E-state index < -0.39 is 9.84 Å². The van der Waals surface area contributed by atoms with Crippen LogP contribution in [0.25, 0.3) is 0 Å². The summed E-state index contributed by atoms with van der Waals surface area (Å²) in [6.07, 6.45) is 1.76. The molecule has 1 aromatic rings. The Morgan fingerprint density at radius 1 is 1.16 bits per heavy atom. The van der Waals surface area contributed by atoms with Gasteiger partial charge < -0.3 is 4.74 Å². The first-order valence-corrected chi connectivity index (χ1v) is 9.22. The molecule has 0 radical (unpaired) electrons. The highest BCUT2D eigenvalue weighted by molar-refractivity contribution is 9.10. The Kier molecular flexibility index (Phi) is 8.34. The van der Waals surface area contributed by atoms with Gasteiger partial charge in [0, 0.05) is 10.7 Å². The van der Waals surface area contributed by atoms with Gasteiger partial charge in [-0.25, -0.2) is 8.42 Å². The molecule has 19 heavy (non-hydrogen) atoms. The molecule has 1 rings (SSSR count). The number of halogens is 1. The van der Waals surface area contributed by atoms with E-state index in [0.29, 0.717) is 13.0 Å². The summed E-state index contributed by atoms with van der Waals surface area (Å²) in [6, 6.07) is 3.88. The van der Waals surface area contributed by atoms with E-state index in [0.717, 1.165) is 21.3 Å². The number of rotatable bonds is 5. The third kappa shape index (κ3) is 7.57. The molecular formula is C14H23BrO3S. The number of hydrogen-bond donors (Lipinski definition) is 0. The number of aryl methyl sites for hydroxylation is 2. The molecule has 0 saturated carbocycles. The van der Waals surface area contributed by atoms with Crippen molar-refractivity contribution in [2.75, 3.05) is 18.6 Å². The lowest BCUT2D eigenvalue weighted by Gasteiger charge is -2.09. The van der Waals surface area contributed by atoms with Crippen LogP contribution in [0.15, 0.2) is 16.6 Å². The SMILES string of the molecule is CC.Cc1cc(OCCCS(C)(=O)=O)cc(C)c1Br. The molecule has 0 aliphatic carbocycles. The zero-order valence-electron chi connectivity index (χ0n) is 12.3. The summed E-state index contributed by atoms with van der Waals surface area (Å²) in [6.45, 7) is 8.43. The van der Waals surface area contributed by atoms with Crippen molar-refractivity contribution in [3.8, 4) is 5.75 Å². The van der Waals surface area contributed by atoms with Crippen molar-refractivity contribution >= 4 is 25.8 Å². The molecule has 0 amide bonds. The van der Waals surface area contributed by atoms with E-state index in [9.17, 15) is 8.42 Å². The van der Waals surface area contributed by atoms with E-state index in [1.165, 1.54) is 6.26 Å². The van der Waals surface area contributed by atoms with E-state index in [1.54, 1.807) is 0 Å². The Bertz CT molecular complexity index is 472. The quantitative estimate of drug-likeness (QED) is 0.756. The highest BCUT2D eigenvalue weighted by atomic mass is 79.9. The largest absolute Gasteiger partial charge is 0.494 e. The van der Waals surface area contributed by atoms with Crippen molar-refractivity contribution in [2.45, 2.75) is 34.1 Å². The third-order valence-corrected chi connectivity index (χ3v) is 4.62. The molecule has 0 aliphatic rings. The van der Waals surface area contributed by atoms with Gasteiger partial charge in [-0.3, -0.25) is 0 Å². The Balaban J connectivity index is 0.00000154. The maximum Gasteiger partial charge on any atom is 0.147 e. The van der Waals surface area contributed by atoms with E-state index in [4.69, 9.17) is 4.74 Å². The zero-order chi connectivity index (χ0) is 15.1. The second-order valence-electron chi connectivity index (χ2n) is 4.20. The molecule has 0 aromatic heterocycles. The van der Waals surface area contributed by atoms with Crippen LogP contribution in [0, 0.1) is 13.8 Å². The number of hydrogen-bond acceptors (Lipinski definition) is 3. The first-order valence-electron chi connectivity index (χ1n) is 6.37. The minimum atomic E-state index is -2.89. The Morgan fingerprint density at radius 2 is 1.63 bits per heavy atom. The molecule has 0 aliphatic heterocycles. The van der Waals surface area contributed by atoms with Crippen LogP contribution in [0.4, 0.5) is 0 Å². The summed E-state index contributed by atoms with van der Waals surface area (Å²) in [5, 5.41) is 0. The molecule has 0 atom stereocenters. The Labute approximate surface area is 125 Å². The third-order valence-electron chi connectivity index (χ3n) is 2.34. The summed E-state index contributed by atoms with van der Waals surface area (Å²) in [5.74, 6) is 0.957. The van der Waals surface area contributed by atoms with Crippen LogP contribution in [0.3, 0.4) is 0 Å². The highest BCUT2D eigenvalue weighted by Crippen LogP contribution is 2.26. The molecule has 0 saturated heterocycles. The minimum absolute atomic E-state index is 0.168. The van der Waals surface area contributed by atoms with Crippen molar-refractivity contribution in [1.29, 1.82) is 0 Å². The fourth-order valence-electron chi connectivity index (χ4n) is 1.50. The maximum absolute atomic E-state index is 10.9. The molecule has 3 nitrogen and oxygen atoms in total. The number of sulfone groups is 1. The summed E-state index contributed by atoms with van der Waals surface area (Å²) in [7, 11) is -2.89. The van der Waals surface area contributed by atoms with Crippen molar-refractivity contribution < 1.29 is 13.2 Å². The van der Waals surface area contributed by atoms with Gasteiger partial charge in [0.25, 0.3) is 0 Å². The second-order valence-corrected chi connectivity index (χ2v) is 7.26. The molecular weight excluding hydrogens is 328 g/mol. The van der Waals surface area contributed by atoms with Crippen LogP contribution in [-0.2, 0) is 9.84 Å². The van der Waals surface area contributed by atoms with Crippen LogP contribution in [0.2, 0.25) is 0 Å². The summed E-state index contributed by atoms with van der Waals surface area (Å²) in [4.78, 5) is 0. The van der Waals surface area contributed by atoms with Gasteiger partial charge in [0.05, 0.1) is 12.4 Å². The van der Waals surface area contributed by atoms with Gasteiger partial charge in [-0.1, -0.05) is 29.8 Å². The Morgan fingerprint density at radius 3 is 2.05 bits per heavy atom. The molecule has 0 N–H and O–H groups in total. The molecule has 5 heteroatoms. The van der Waals surface area contributed by atoms with Gasteiger partial charge in [0.15, 0.2) is 0 Å². The predicted octanol–water partition coefficient (Wildman–Crippen LogP) is 3.91. The number of ether oxygens (including phenoxy) is 1. The first kappa shape index (κ1) is 18.4. The highest BCUT2D eigenvalue weighted by Gasteiger charge is 2.04. The molecule has 110 valence electrons. The van der Waals surface area contributed by atoms with Crippen LogP contribution in [-0.4, -0.2) is 27.0 Å². The summed E-state index contributed by atoms with van der Waals surface area (Å²) >= 11 is 3.49. The fraction of sp³-hybridized carbons (Fsp3) is 0.571. The molecule has 0 spiro atoms. The van der Waals surface area contributed by atoms with Gasteiger partial charge in [-0.05, 0) is 43.5 Å². The molecule has 0 fully saturated rings. The van der Waals surface area contributed by atoms with E-state index in [2.05, 4.69) is 15.9 Å². The molecule has 0 unspecified atom stereocenters. The fourth-order valence-corrected chi connectivity index (χ4v) is 2.37. The lowest BCUT2D eigenvalue weighted by atomic mass is 10.1. The summed E-state index contributed by atoms with van der Waals surface area (Å²) in [5.41, 5.74) is 2.23. The van der Waals surface area contributed by atoms with Crippen LogP contribution >= 0.6 is 15.9 Å². The second kappa shape index (κ2) is 8.59. The summed E-state index contributed by atoms with van der Waals surface area (Å²) < 4.78 is 28.5. The minimum Gasteiger partial charge on any atom is -0.494 e. The van der Waals surface area contributed by atoms with E-state index in [1.807, 2.05) is 39.8 Å². The lowest BCUT2D eigenvalue weighted by molar-refractivity contribution is 0.317. The number of benzene rings is 1. The van der Waals surface area contributed by atoms with Gasteiger partial charge in [-0.15, -0.1) is 0 Å². The molecule has 0 bridgehead atoms. The van der Waals surface area contributed by atoms with E-state index >= 15 is 0 Å². The smallest absolute Gasteiger partial charge is 0.147 e. The Hall–Kier alpha value is -0.550. The van der Waals surface area contributed by atoms with Gasteiger partial charge in [0.1, 0.15) is 15.6 Å². The standard InChI is InChI=1S/C12H17BrO3S.C2H6/c1-9-7-11(8-10(2)12(9)13)16-5-4-6-17(3,14)15;1-2/h7-8H,4-6H2,1-3H3;1-2H3. The van der Waals surface area contributed by atoms with Gasteiger partial charge in [-0.2, -0.15) is 0 Å². The normalized spacial score (nSPS) is 10.6. The van der Waals surface area contributed by atoms with Gasteiger partial charge in [0.2, 0.25) is 0 Å². The monoisotopic (exact) mass is 350 g/mol. The maximum atomic E-state index is 10.9. The average molecular weight is 351 g/mol. The lowest BCUT2D eigenvalue weighted by Crippen LogP contribution is -2.08. The topological polar surface area (TPSA) is 43.4 Å². The zero-order valence-corrected chi connectivity index (χ0v) is 14.7. The predicted molar refractivity (Wildman–Crippen MR) is 84.8 cm³/mol. The van der Waals surface area contributed by atoms with Crippen LogP contribution in [0.5, 0.6) is 5.75 Å². The van der Waals surface area contributed by atoms with Crippen LogP contribution in [0.1, 0.15) is 31.4 Å². The average Bonchev–Trinajstić information content (AvgIpc) is 2.33. The van der Waals surface area contributed by atoms with Crippen molar-refractivity contribution in [1.82, 2.24) is 0 Å². The van der Waals surface area contributed by atoms with Crippen molar-refractivity contribution in [2.24, 2.45) is 0 Å². The van der Waals surface area contributed by atoms with Crippen LogP contribution < -0.4 is 4.74 Å². The molecule has 0 heterocycles. The van der Waals surface area contributed by atoms with E-state index in [-0.39, 0.29) is 5.75 Å².